The molecule has 0 spiro atoms. The second-order valence-electron chi connectivity index (χ2n) is 10.0. The van der Waals surface area contributed by atoms with Crippen LogP contribution in [0.1, 0.15) is 39.8 Å². The molecule has 1 aliphatic heterocycles. The monoisotopic (exact) mass is 516 g/mol. The van der Waals surface area contributed by atoms with Crippen molar-refractivity contribution in [2.75, 3.05) is 13.2 Å². The first kappa shape index (κ1) is 24.5. The number of benzene rings is 4. The molecule has 1 aliphatic rings. The molecule has 1 aromatic heterocycles. The summed E-state index contributed by atoms with van der Waals surface area (Å²) in [5, 5.41) is 0. The molecule has 6 rings (SSSR count). The SMILES string of the molecule is Cc1cccc(Cc2ccccc2)c1-c1sc(-c2c(C)cccc2Cc2ccccc2)c2c1OCCCO2. The van der Waals surface area contributed by atoms with Crippen molar-refractivity contribution in [2.45, 2.75) is 33.1 Å². The van der Waals surface area contributed by atoms with Gasteiger partial charge in [-0.05, 0) is 60.1 Å². The van der Waals surface area contributed by atoms with Crippen LogP contribution in [0.5, 0.6) is 11.5 Å². The van der Waals surface area contributed by atoms with Gasteiger partial charge in [0.05, 0.1) is 23.0 Å². The number of aryl methyl sites for hydroxylation is 2. The lowest BCUT2D eigenvalue weighted by atomic mass is 9.94. The van der Waals surface area contributed by atoms with Gasteiger partial charge >= 0.3 is 0 Å². The van der Waals surface area contributed by atoms with Crippen LogP contribution in [-0.2, 0) is 12.8 Å². The van der Waals surface area contributed by atoms with E-state index in [1.54, 1.807) is 0 Å². The van der Waals surface area contributed by atoms with Gasteiger partial charge < -0.3 is 9.47 Å². The Kier molecular flexibility index (Phi) is 7.02. The summed E-state index contributed by atoms with van der Waals surface area (Å²) in [4.78, 5) is 2.35. The molecule has 0 N–H and O–H groups in total. The highest BCUT2D eigenvalue weighted by Crippen LogP contribution is 2.55. The van der Waals surface area contributed by atoms with E-state index in [4.69, 9.17) is 9.47 Å². The van der Waals surface area contributed by atoms with Crippen molar-refractivity contribution >= 4 is 11.3 Å². The molecule has 2 heterocycles. The highest BCUT2D eigenvalue weighted by atomic mass is 32.1. The van der Waals surface area contributed by atoms with Gasteiger partial charge in [-0.25, -0.2) is 0 Å². The quantitative estimate of drug-likeness (QED) is 0.224. The van der Waals surface area contributed by atoms with E-state index < -0.39 is 0 Å². The maximum Gasteiger partial charge on any atom is 0.180 e. The van der Waals surface area contributed by atoms with Crippen molar-refractivity contribution in [2.24, 2.45) is 0 Å². The molecular weight excluding hydrogens is 484 g/mol. The molecule has 0 radical (unpaired) electrons. The average molecular weight is 517 g/mol. The molecule has 0 unspecified atom stereocenters. The Morgan fingerprint density at radius 1 is 0.553 bits per heavy atom. The van der Waals surface area contributed by atoms with E-state index in [0.29, 0.717) is 13.2 Å². The molecular formula is C35H32O2S. The summed E-state index contributed by atoms with van der Waals surface area (Å²) in [5.41, 5.74) is 10.3. The first-order valence-corrected chi connectivity index (χ1v) is 14.2. The highest BCUT2D eigenvalue weighted by molar-refractivity contribution is 7.19. The van der Waals surface area contributed by atoms with Gasteiger partial charge in [0.1, 0.15) is 0 Å². The molecule has 190 valence electrons. The van der Waals surface area contributed by atoms with Crippen LogP contribution >= 0.6 is 11.3 Å². The van der Waals surface area contributed by atoms with Crippen LogP contribution in [0.4, 0.5) is 0 Å². The van der Waals surface area contributed by atoms with Crippen LogP contribution in [0, 0.1) is 13.8 Å². The first-order valence-electron chi connectivity index (χ1n) is 13.4. The van der Waals surface area contributed by atoms with Crippen molar-refractivity contribution < 1.29 is 9.47 Å². The van der Waals surface area contributed by atoms with Gasteiger partial charge in [0.2, 0.25) is 0 Å². The lowest BCUT2D eigenvalue weighted by Crippen LogP contribution is -2.00. The van der Waals surface area contributed by atoms with Crippen molar-refractivity contribution in [3.05, 3.63) is 130 Å². The lowest BCUT2D eigenvalue weighted by molar-refractivity contribution is 0.297. The third kappa shape index (κ3) is 4.87. The third-order valence-electron chi connectivity index (χ3n) is 7.25. The molecule has 4 aromatic carbocycles. The van der Waals surface area contributed by atoms with E-state index in [1.807, 2.05) is 11.3 Å². The zero-order valence-electron chi connectivity index (χ0n) is 22.0. The maximum atomic E-state index is 6.48. The van der Waals surface area contributed by atoms with E-state index in [9.17, 15) is 0 Å². The smallest absolute Gasteiger partial charge is 0.180 e. The summed E-state index contributed by atoms with van der Waals surface area (Å²) < 4.78 is 13.0. The predicted molar refractivity (Wildman–Crippen MR) is 159 cm³/mol. The number of rotatable bonds is 6. The van der Waals surface area contributed by atoms with Gasteiger partial charge in [0, 0.05) is 17.5 Å². The average Bonchev–Trinajstić information content (AvgIpc) is 3.10. The molecule has 0 amide bonds. The molecule has 3 heteroatoms. The Hall–Kier alpha value is -3.82. The number of fused-ring (bicyclic) bond motifs is 1. The zero-order chi connectivity index (χ0) is 25.9. The molecule has 0 saturated carbocycles. The minimum absolute atomic E-state index is 0.667. The second-order valence-corrected chi connectivity index (χ2v) is 11.0. The van der Waals surface area contributed by atoms with Crippen LogP contribution in [0.3, 0.4) is 0 Å². The van der Waals surface area contributed by atoms with Crippen LogP contribution in [0.25, 0.3) is 20.9 Å². The van der Waals surface area contributed by atoms with Crippen molar-refractivity contribution in [3.63, 3.8) is 0 Å². The Labute approximate surface area is 229 Å². The fourth-order valence-electron chi connectivity index (χ4n) is 5.43. The normalized spacial score (nSPS) is 12.8. The molecule has 0 aliphatic carbocycles. The zero-order valence-corrected chi connectivity index (χ0v) is 22.8. The molecule has 5 aromatic rings. The number of thiophene rings is 1. The summed E-state index contributed by atoms with van der Waals surface area (Å²) in [7, 11) is 0. The molecule has 38 heavy (non-hydrogen) atoms. The molecule has 2 nitrogen and oxygen atoms in total. The number of hydrogen-bond donors (Lipinski definition) is 0. The lowest BCUT2D eigenvalue weighted by Gasteiger charge is -2.14. The van der Waals surface area contributed by atoms with E-state index in [1.165, 1.54) is 54.3 Å². The molecule has 0 bridgehead atoms. The Balaban J connectivity index is 1.53. The third-order valence-corrected chi connectivity index (χ3v) is 8.44. The fourth-order valence-corrected chi connectivity index (χ4v) is 6.91. The summed E-state index contributed by atoms with van der Waals surface area (Å²) >= 11 is 1.82. The summed E-state index contributed by atoms with van der Waals surface area (Å²) in [6.45, 7) is 5.75. The van der Waals surface area contributed by atoms with Crippen LogP contribution in [0.15, 0.2) is 97.1 Å². The summed E-state index contributed by atoms with van der Waals surface area (Å²) in [5.74, 6) is 1.81. The van der Waals surface area contributed by atoms with Gasteiger partial charge in [-0.15, -0.1) is 11.3 Å². The number of hydrogen-bond acceptors (Lipinski definition) is 3. The predicted octanol–water partition coefficient (Wildman–Crippen LogP) is 9.04. The highest BCUT2D eigenvalue weighted by Gasteiger charge is 2.29. The Morgan fingerprint density at radius 2 is 1.00 bits per heavy atom. The van der Waals surface area contributed by atoms with E-state index in [2.05, 4.69) is 111 Å². The van der Waals surface area contributed by atoms with Crippen LogP contribution in [0.2, 0.25) is 0 Å². The van der Waals surface area contributed by atoms with Gasteiger partial charge in [-0.3, -0.25) is 0 Å². The maximum absolute atomic E-state index is 6.48. The summed E-state index contributed by atoms with van der Waals surface area (Å²) in [6.07, 6.45) is 2.64. The van der Waals surface area contributed by atoms with Crippen LogP contribution in [-0.4, -0.2) is 13.2 Å². The van der Waals surface area contributed by atoms with Crippen LogP contribution < -0.4 is 9.47 Å². The van der Waals surface area contributed by atoms with Gasteiger partial charge in [0.15, 0.2) is 11.5 Å². The van der Waals surface area contributed by atoms with Gasteiger partial charge in [-0.1, -0.05) is 97.1 Å². The number of ether oxygens (including phenoxy) is 2. The Morgan fingerprint density at radius 3 is 1.45 bits per heavy atom. The van der Waals surface area contributed by atoms with E-state index in [0.717, 1.165) is 30.8 Å². The van der Waals surface area contributed by atoms with Gasteiger partial charge in [-0.2, -0.15) is 0 Å². The topological polar surface area (TPSA) is 18.5 Å². The van der Waals surface area contributed by atoms with Crippen molar-refractivity contribution in [1.82, 2.24) is 0 Å². The largest absolute Gasteiger partial charge is 0.488 e. The van der Waals surface area contributed by atoms with E-state index in [-0.39, 0.29) is 0 Å². The second kappa shape index (κ2) is 10.9. The standard InChI is InChI=1S/C35H32O2S/c1-24-12-9-18-28(22-26-14-5-3-6-15-26)30(24)34-32-33(37-21-11-20-36-32)35(38-34)31-25(2)13-10-19-29(31)23-27-16-7-4-8-17-27/h3-10,12-19H,11,20-23H2,1-2H3. The van der Waals surface area contributed by atoms with E-state index >= 15 is 0 Å². The Bertz CT molecular complexity index is 1430. The first-order chi connectivity index (χ1) is 18.7. The summed E-state index contributed by atoms with van der Waals surface area (Å²) in [6, 6.07) is 34.7. The molecule has 0 fully saturated rings. The molecule has 0 saturated heterocycles. The van der Waals surface area contributed by atoms with Crippen molar-refractivity contribution in [1.29, 1.82) is 0 Å². The van der Waals surface area contributed by atoms with Gasteiger partial charge in [0.25, 0.3) is 0 Å². The molecule has 0 atom stereocenters. The minimum atomic E-state index is 0.667. The minimum Gasteiger partial charge on any atom is -0.488 e. The fraction of sp³-hybridized carbons (Fsp3) is 0.200. The van der Waals surface area contributed by atoms with Crippen molar-refractivity contribution in [3.8, 4) is 32.4 Å².